The van der Waals surface area contributed by atoms with Gasteiger partial charge in [-0.1, -0.05) is 0 Å². The van der Waals surface area contributed by atoms with Crippen LogP contribution in [0, 0.1) is 11.6 Å². The van der Waals surface area contributed by atoms with Crippen molar-refractivity contribution in [3.05, 3.63) is 65.2 Å². The molecule has 0 aromatic heterocycles. The van der Waals surface area contributed by atoms with Crippen molar-refractivity contribution in [2.45, 2.75) is 25.5 Å². The molecule has 2 aromatic rings. The second kappa shape index (κ2) is 7.64. The summed E-state index contributed by atoms with van der Waals surface area (Å²) in [5.41, 5.74) is 1.38. The van der Waals surface area contributed by atoms with Crippen LogP contribution in [0.25, 0.3) is 0 Å². The third-order valence-corrected chi connectivity index (χ3v) is 5.28. The molecular formula is C21H22F2N2O2. The molecule has 0 atom stereocenters. The van der Waals surface area contributed by atoms with E-state index in [0.29, 0.717) is 24.4 Å². The minimum absolute atomic E-state index is 0.0143. The molecule has 1 amide bonds. The van der Waals surface area contributed by atoms with E-state index in [1.165, 1.54) is 24.3 Å². The van der Waals surface area contributed by atoms with Gasteiger partial charge in [0.05, 0.1) is 0 Å². The standard InChI is InChI=1S/C21H22F2N2O2/c22-16-1-4-18(5-2-16)27-19-7-9-24(10-8-19)11-12-25-14-15-13-17(23)3-6-20(15)21(25)26/h1-6,13,19H,7-12,14H2. The maximum absolute atomic E-state index is 13.3. The van der Waals surface area contributed by atoms with E-state index in [4.69, 9.17) is 4.74 Å². The number of hydrogen-bond donors (Lipinski definition) is 0. The van der Waals surface area contributed by atoms with E-state index in [9.17, 15) is 13.6 Å². The highest BCUT2D eigenvalue weighted by atomic mass is 19.1. The lowest BCUT2D eigenvalue weighted by atomic mass is 10.1. The molecule has 0 unspecified atom stereocenters. The number of carbonyl (C=O) groups is 1. The predicted octanol–water partition coefficient (Wildman–Crippen LogP) is 3.46. The van der Waals surface area contributed by atoms with E-state index in [0.717, 1.165) is 38.0 Å². The lowest BCUT2D eigenvalue weighted by molar-refractivity contribution is 0.0702. The highest BCUT2D eigenvalue weighted by molar-refractivity contribution is 5.98. The molecule has 2 aliphatic heterocycles. The Bertz CT molecular complexity index is 817. The molecule has 27 heavy (non-hydrogen) atoms. The number of halogens is 2. The topological polar surface area (TPSA) is 32.8 Å². The van der Waals surface area contributed by atoms with Crippen molar-refractivity contribution < 1.29 is 18.3 Å². The third kappa shape index (κ3) is 4.11. The Labute approximate surface area is 157 Å². The number of benzene rings is 2. The van der Waals surface area contributed by atoms with Gasteiger partial charge < -0.3 is 14.5 Å². The van der Waals surface area contributed by atoms with Crippen LogP contribution < -0.4 is 4.74 Å². The lowest BCUT2D eigenvalue weighted by Gasteiger charge is -2.33. The molecule has 1 fully saturated rings. The average molecular weight is 372 g/mol. The number of carbonyl (C=O) groups excluding carboxylic acids is 1. The molecule has 1 saturated heterocycles. The number of fused-ring (bicyclic) bond motifs is 1. The lowest BCUT2D eigenvalue weighted by Crippen LogP contribution is -2.42. The number of amides is 1. The highest BCUT2D eigenvalue weighted by Crippen LogP contribution is 2.24. The van der Waals surface area contributed by atoms with Gasteiger partial charge in [0, 0.05) is 38.3 Å². The average Bonchev–Trinajstić information content (AvgIpc) is 2.98. The van der Waals surface area contributed by atoms with Crippen LogP contribution in [0.5, 0.6) is 5.75 Å². The summed E-state index contributed by atoms with van der Waals surface area (Å²) < 4.78 is 32.2. The van der Waals surface area contributed by atoms with Gasteiger partial charge in [0.1, 0.15) is 23.5 Å². The zero-order valence-electron chi connectivity index (χ0n) is 15.0. The first kappa shape index (κ1) is 17.9. The molecule has 6 heteroatoms. The highest BCUT2D eigenvalue weighted by Gasteiger charge is 2.28. The van der Waals surface area contributed by atoms with Gasteiger partial charge in [-0.05, 0) is 60.9 Å². The van der Waals surface area contributed by atoms with Crippen LogP contribution in [-0.2, 0) is 6.54 Å². The first-order valence-electron chi connectivity index (χ1n) is 9.31. The quantitative estimate of drug-likeness (QED) is 0.806. The minimum atomic E-state index is -0.299. The smallest absolute Gasteiger partial charge is 0.254 e. The first-order valence-corrected chi connectivity index (χ1v) is 9.31. The number of nitrogens with zero attached hydrogens (tertiary/aromatic N) is 2. The molecule has 142 valence electrons. The predicted molar refractivity (Wildman–Crippen MR) is 97.6 cm³/mol. The van der Waals surface area contributed by atoms with Crippen molar-refractivity contribution in [2.24, 2.45) is 0 Å². The molecule has 0 radical (unpaired) electrons. The zero-order chi connectivity index (χ0) is 18.8. The summed E-state index contributed by atoms with van der Waals surface area (Å²) in [5.74, 6) is 0.118. The molecule has 0 N–H and O–H groups in total. The van der Waals surface area contributed by atoms with Crippen molar-refractivity contribution in [3.8, 4) is 5.75 Å². The van der Waals surface area contributed by atoms with Crippen LogP contribution in [0.15, 0.2) is 42.5 Å². The van der Waals surface area contributed by atoms with E-state index in [2.05, 4.69) is 4.90 Å². The maximum Gasteiger partial charge on any atom is 0.254 e. The van der Waals surface area contributed by atoms with E-state index < -0.39 is 0 Å². The Morgan fingerprint density at radius 2 is 1.67 bits per heavy atom. The molecule has 2 aliphatic rings. The van der Waals surface area contributed by atoms with Gasteiger partial charge >= 0.3 is 0 Å². The molecule has 0 saturated carbocycles. The second-order valence-electron chi connectivity index (χ2n) is 7.14. The molecule has 0 spiro atoms. The van der Waals surface area contributed by atoms with E-state index in [-0.39, 0.29) is 23.6 Å². The molecule has 0 aliphatic carbocycles. The molecule has 4 nitrogen and oxygen atoms in total. The number of likely N-dealkylation sites (tertiary alicyclic amines) is 1. The third-order valence-electron chi connectivity index (χ3n) is 5.28. The van der Waals surface area contributed by atoms with Crippen LogP contribution in [-0.4, -0.2) is 48.0 Å². The van der Waals surface area contributed by atoms with Gasteiger partial charge in [-0.2, -0.15) is 0 Å². The minimum Gasteiger partial charge on any atom is -0.490 e. The van der Waals surface area contributed by atoms with Gasteiger partial charge in [-0.15, -0.1) is 0 Å². The summed E-state index contributed by atoms with van der Waals surface area (Å²) in [6.45, 7) is 3.71. The van der Waals surface area contributed by atoms with Crippen molar-refractivity contribution in [1.82, 2.24) is 9.80 Å². The van der Waals surface area contributed by atoms with Gasteiger partial charge in [0.15, 0.2) is 0 Å². The number of hydrogen-bond acceptors (Lipinski definition) is 3. The van der Waals surface area contributed by atoms with Crippen molar-refractivity contribution >= 4 is 5.91 Å². The molecule has 4 rings (SSSR count). The Morgan fingerprint density at radius 1 is 0.963 bits per heavy atom. The molecular weight excluding hydrogens is 350 g/mol. The fourth-order valence-corrected chi connectivity index (χ4v) is 3.75. The summed E-state index contributed by atoms with van der Waals surface area (Å²) >= 11 is 0. The summed E-state index contributed by atoms with van der Waals surface area (Å²) in [4.78, 5) is 16.5. The van der Waals surface area contributed by atoms with E-state index in [1.807, 2.05) is 0 Å². The van der Waals surface area contributed by atoms with Crippen molar-refractivity contribution in [1.29, 1.82) is 0 Å². The fraction of sp³-hybridized carbons (Fsp3) is 0.381. The summed E-state index contributed by atoms with van der Waals surface area (Å²) in [7, 11) is 0. The Hall–Kier alpha value is -2.47. The van der Waals surface area contributed by atoms with Crippen LogP contribution in [0.4, 0.5) is 8.78 Å². The Morgan fingerprint density at radius 3 is 2.41 bits per heavy atom. The van der Waals surface area contributed by atoms with E-state index >= 15 is 0 Å². The van der Waals surface area contributed by atoms with Gasteiger partial charge in [-0.3, -0.25) is 4.79 Å². The molecule has 0 bridgehead atoms. The monoisotopic (exact) mass is 372 g/mol. The first-order chi connectivity index (χ1) is 13.1. The van der Waals surface area contributed by atoms with Gasteiger partial charge in [-0.25, -0.2) is 8.78 Å². The van der Waals surface area contributed by atoms with Crippen LogP contribution in [0.3, 0.4) is 0 Å². The van der Waals surface area contributed by atoms with Gasteiger partial charge in [0.2, 0.25) is 0 Å². The summed E-state index contributed by atoms with van der Waals surface area (Å²) in [6, 6.07) is 10.5. The number of piperidine rings is 1. The fourth-order valence-electron chi connectivity index (χ4n) is 3.75. The molecule has 2 heterocycles. The number of rotatable bonds is 5. The van der Waals surface area contributed by atoms with Gasteiger partial charge in [0.25, 0.3) is 5.91 Å². The normalized spacial score (nSPS) is 18.0. The van der Waals surface area contributed by atoms with Crippen LogP contribution in [0.2, 0.25) is 0 Å². The molecule has 2 aromatic carbocycles. The number of ether oxygens (including phenoxy) is 1. The largest absolute Gasteiger partial charge is 0.490 e. The summed E-state index contributed by atoms with van der Waals surface area (Å²) in [6.07, 6.45) is 1.93. The second-order valence-corrected chi connectivity index (χ2v) is 7.14. The maximum atomic E-state index is 13.3. The van der Waals surface area contributed by atoms with Crippen LogP contribution in [0.1, 0.15) is 28.8 Å². The van der Waals surface area contributed by atoms with Crippen molar-refractivity contribution in [3.63, 3.8) is 0 Å². The Kier molecular flexibility index (Phi) is 5.07. The van der Waals surface area contributed by atoms with Crippen LogP contribution >= 0.6 is 0 Å². The zero-order valence-corrected chi connectivity index (χ0v) is 15.0. The summed E-state index contributed by atoms with van der Waals surface area (Å²) in [5, 5.41) is 0. The SMILES string of the molecule is O=C1c2ccc(F)cc2CN1CCN1CCC(Oc2ccc(F)cc2)CC1. The van der Waals surface area contributed by atoms with Crippen molar-refractivity contribution in [2.75, 3.05) is 26.2 Å². The Balaban J connectivity index is 1.23. The van der Waals surface area contributed by atoms with E-state index in [1.54, 1.807) is 23.1 Å².